The van der Waals surface area contributed by atoms with Crippen molar-refractivity contribution in [3.05, 3.63) is 34.8 Å². The van der Waals surface area contributed by atoms with Crippen LogP contribution in [0, 0.1) is 0 Å². The molecule has 1 aromatic carbocycles. The van der Waals surface area contributed by atoms with Gasteiger partial charge in [-0.2, -0.15) is 0 Å². The summed E-state index contributed by atoms with van der Waals surface area (Å²) in [5.74, 6) is 1.75. The monoisotopic (exact) mass is 364 g/mol. The number of amides is 1. The number of carbonyl (C=O) groups is 1. The van der Waals surface area contributed by atoms with E-state index in [9.17, 15) is 4.79 Å². The minimum Gasteiger partial charge on any atom is -0.493 e. The number of thiazole rings is 1. The zero-order valence-corrected chi connectivity index (χ0v) is 15.6. The van der Waals surface area contributed by atoms with Crippen LogP contribution in [0.25, 0.3) is 0 Å². The third kappa shape index (κ3) is 3.23. The Morgan fingerprint density at radius 3 is 2.88 bits per heavy atom. The molecule has 1 atom stereocenters. The van der Waals surface area contributed by atoms with E-state index < -0.39 is 0 Å². The van der Waals surface area contributed by atoms with Crippen molar-refractivity contribution in [3.63, 3.8) is 0 Å². The molecule has 1 aliphatic rings. The second kappa shape index (κ2) is 7.44. The van der Waals surface area contributed by atoms with Crippen molar-refractivity contribution in [1.82, 2.24) is 9.88 Å². The molecule has 2 aromatic rings. The highest BCUT2D eigenvalue weighted by atomic mass is 32.2. The average Bonchev–Trinajstić information content (AvgIpc) is 3.29. The summed E-state index contributed by atoms with van der Waals surface area (Å²) in [5, 5.41) is 1.84. The van der Waals surface area contributed by atoms with Gasteiger partial charge in [-0.15, -0.1) is 11.3 Å². The van der Waals surface area contributed by atoms with E-state index in [1.54, 1.807) is 26.0 Å². The number of methoxy groups -OCH3 is 2. The molecule has 0 spiro atoms. The Morgan fingerprint density at radius 2 is 2.21 bits per heavy atom. The number of nitrogens with zero attached hydrogens (tertiary/aromatic N) is 2. The molecule has 0 N–H and O–H groups in total. The Bertz CT molecular complexity index is 732. The summed E-state index contributed by atoms with van der Waals surface area (Å²) in [6.45, 7) is 1.41. The Kier molecular flexibility index (Phi) is 5.30. The number of para-hydroxylation sites is 1. The molecule has 0 bridgehead atoms. The van der Waals surface area contributed by atoms with Gasteiger partial charge in [0.15, 0.2) is 11.5 Å². The first kappa shape index (κ1) is 17.1. The summed E-state index contributed by atoms with van der Waals surface area (Å²) >= 11 is 3.07. The predicted octanol–water partition coefficient (Wildman–Crippen LogP) is 3.51. The number of ether oxygens (including phenoxy) is 2. The largest absolute Gasteiger partial charge is 0.493 e. The molecule has 7 heteroatoms. The van der Waals surface area contributed by atoms with Crippen LogP contribution in [0.4, 0.5) is 0 Å². The highest BCUT2D eigenvalue weighted by Crippen LogP contribution is 2.39. The van der Waals surface area contributed by atoms with Crippen LogP contribution in [0.5, 0.6) is 11.5 Å². The lowest BCUT2D eigenvalue weighted by molar-refractivity contribution is 0.0785. The first-order valence-electron chi connectivity index (χ1n) is 7.67. The van der Waals surface area contributed by atoms with Gasteiger partial charge < -0.3 is 14.4 Å². The summed E-state index contributed by atoms with van der Waals surface area (Å²) in [6, 6.07) is 5.90. The first-order chi connectivity index (χ1) is 11.7. The molecule has 1 saturated heterocycles. The number of thioether (sulfide) groups is 1. The molecule has 5 nitrogen and oxygen atoms in total. The quantitative estimate of drug-likeness (QED) is 0.760. The fraction of sp³-hybridized carbons (Fsp3) is 0.412. The molecule has 0 saturated carbocycles. The fourth-order valence-electron chi connectivity index (χ4n) is 3.04. The lowest BCUT2D eigenvalue weighted by Crippen LogP contribution is -2.28. The molecule has 0 aliphatic carbocycles. The van der Waals surface area contributed by atoms with Crippen LogP contribution in [0.2, 0.25) is 0 Å². The molecule has 1 fully saturated rings. The van der Waals surface area contributed by atoms with Crippen molar-refractivity contribution in [1.29, 1.82) is 0 Å². The highest BCUT2D eigenvalue weighted by Gasteiger charge is 2.31. The molecule has 0 radical (unpaired) electrons. The van der Waals surface area contributed by atoms with Gasteiger partial charge in [-0.25, -0.2) is 4.98 Å². The van der Waals surface area contributed by atoms with Crippen molar-refractivity contribution in [3.8, 4) is 11.5 Å². The SMILES string of the molecule is COc1cccc(C2CCN(C(=O)c3csc(SC)n3)C2)c1OC. The number of hydrogen-bond acceptors (Lipinski definition) is 6. The summed E-state index contributed by atoms with van der Waals surface area (Å²) < 4.78 is 11.8. The van der Waals surface area contributed by atoms with Crippen molar-refractivity contribution < 1.29 is 14.3 Å². The van der Waals surface area contributed by atoms with Crippen LogP contribution in [0.1, 0.15) is 28.4 Å². The van der Waals surface area contributed by atoms with E-state index in [0.29, 0.717) is 12.2 Å². The Morgan fingerprint density at radius 1 is 1.38 bits per heavy atom. The molecule has 128 valence electrons. The number of rotatable bonds is 5. The molecule has 1 amide bonds. The maximum Gasteiger partial charge on any atom is 0.273 e. The van der Waals surface area contributed by atoms with Crippen LogP contribution in [0.3, 0.4) is 0 Å². The zero-order valence-electron chi connectivity index (χ0n) is 13.9. The molecule has 2 heterocycles. The first-order valence-corrected chi connectivity index (χ1v) is 9.78. The van der Waals surface area contributed by atoms with E-state index in [4.69, 9.17) is 9.47 Å². The van der Waals surface area contributed by atoms with Gasteiger partial charge in [0.25, 0.3) is 5.91 Å². The lowest BCUT2D eigenvalue weighted by Gasteiger charge is -2.18. The zero-order chi connectivity index (χ0) is 17.1. The van der Waals surface area contributed by atoms with Gasteiger partial charge in [0.05, 0.1) is 14.2 Å². The molecule has 1 aliphatic heterocycles. The maximum atomic E-state index is 12.6. The van der Waals surface area contributed by atoms with Crippen molar-refractivity contribution in [2.45, 2.75) is 16.7 Å². The van der Waals surface area contributed by atoms with Gasteiger partial charge in [0.2, 0.25) is 0 Å². The molecule has 3 rings (SSSR count). The maximum absolute atomic E-state index is 12.6. The van der Waals surface area contributed by atoms with E-state index in [1.807, 2.05) is 28.7 Å². The molecule has 1 aromatic heterocycles. The summed E-state index contributed by atoms with van der Waals surface area (Å²) in [6.07, 6.45) is 2.88. The lowest BCUT2D eigenvalue weighted by atomic mass is 9.97. The van der Waals surface area contributed by atoms with Crippen LogP contribution in [-0.4, -0.2) is 49.4 Å². The van der Waals surface area contributed by atoms with E-state index >= 15 is 0 Å². The van der Waals surface area contributed by atoms with Gasteiger partial charge in [-0.05, 0) is 18.7 Å². The second-order valence-electron chi connectivity index (χ2n) is 5.52. The van der Waals surface area contributed by atoms with Crippen LogP contribution >= 0.6 is 23.1 Å². The van der Waals surface area contributed by atoms with Crippen LogP contribution < -0.4 is 9.47 Å². The standard InChI is InChI=1S/C17H20N2O3S2/c1-21-14-6-4-5-12(15(14)22-2)11-7-8-19(9-11)16(20)13-10-24-17(18-13)23-3/h4-6,10-11H,7-9H2,1-3H3. The van der Waals surface area contributed by atoms with E-state index in [2.05, 4.69) is 11.1 Å². The minimum absolute atomic E-state index is 0.0101. The fourth-order valence-corrected chi connectivity index (χ4v) is 4.28. The Balaban J connectivity index is 1.77. The second-order valence-corrected chi connectivity index (χ2v) is 7.43. The van der Waals surface area contributed by atoms with Gasteiger partial charge in [0, 0.05) is 30.0 Å². The molecule has 24 heavy (non-hydrogen) atoms. The molecular weight excluding hydrogens is 344 g/mol. The van der Waals surface area contributed by atoms with Crippen LogP contribution in [-0.2, 0) is 0 Å². The normalized spacial score (nSPS) is 17.1. The number of carbonyl (C=O) groups excluding carboxylic acids is 1. The summed E-state index contributed by atoms with van der Waals surface area (Å²) in [4.78, 5) is 18.9. The van der Waals surface area contributed by atoms with Gasteiger partial charge in [-0.1, -0.05) is 23.9 Å². The van der Waals surface area contributed by atoms with Crippen molar-refractivity contribution in [2.75, 3.05) is 33.6 Å². The number of aromatic nitrogens is 1. The molecular formula is C17H20N2O3S2. The number of benzene rings is 1. The average molecular weight is 364 g/mol. The topological polar surface area (TPSA) is 51.7 Å². The summed E-state index contributed by atoms with van der Waals surface area (Å²) in [5.41, 5.74) is 1.64. The third-order valence-corrected chi connectivity index (χ3v) is 6.09. The van der Waals surface area contributed by atoms with Crippen molar-refractivity contribution in [2.24, 2.45) is 0 Å². The third-order valence-electron chi connectivity index (χ3n) is 4.23. The van der Waals surface area contributed by atoms with Gasteiger partial charge in [-0.3, -0.25) is 4.79 Å². The Hall–Kier alpha value is -1.73. The van der Waals surface area contributed by atoms with Gasteiger partial charge in [0.1, 0.15) is 10.0 Å². The van der Waals surface area contributed by atoms with E-state index in [-0.39, 0.29) is 11.8 Å². The predicted molar refractivity (Wildman–Crippen MR) is 96.7 cm³/mol. The van der Waals surface area contributed by atoms with Crippen molar-refractivity contribution >= 4 is 29.0 Å². The Labute approximate surface area is 150 Å². The minimum atomic E-state index is 0.0101. The van der Waals surface area contributed by atoms with E-state index in [1.165, 1.54) is 11.3 Å². The molecule has 1 unspecified atom stereocenters. The van der Waals surface area contributed by atoms with E-state index in [0.717, 1.165) is 34.4 Å². The van der Waals surface area contributed by atoms with Gasteiger partial charge >= 0.3 is 0 Å². The number of likely N-dealkylation sites (tertiary alicyclic amines) is 1. The highest BCUT2D eigenvalue weighted by molar-refractivity contribution is 8.00. The number of hydrogen-bond donors (Lipinski definition) is 0. The summed E-state index contributed by atoms with van der Waals surface area (Å²) in [7, 11) is 3.29. The smallest absolute Gasteiger partial charge is 0.273 e. The van der Waals surface area contributed by atoms with Crippen LogP contribution in [0.15, 0.2) is 27.9 Å².